The van der Waals surface area contributed by atoms with Crippen LogP contribution in [0.1, 0.15) is 0 Å². The number of sulfonamides is 1. The van der Waals surface area contributed by atoms with Crippen LogP contribution in [-0.2, 0) is 10.0 Å². The van der Waals surface area contributed by atoms with Gasteiger partial charge in [0.15, 0.2) is 0 Å². The molecule has 0 spiro atoms. The third-order valence-corrected chi connectivity index (χ3v) is 2.95. The maximum Gasteiger partial charge on any atom is 0.232 e. The van der Waals surface area contributed by atoms with Gasteiger partial charge >= 0.3 is 0 Å². The molecule has 0 saturated carbocycles. The van der Waals surface area contributed by atoms with Crippen LogP contribution < -0.4 is 14.8 Å². The molecule has 1 heterocycles. The minimum atomic E-state index is -3.16. The van der Waals surface area contributed by atoms with Crippen LogP contribution in [-0.4, -0.2) is 44.8 Å². The van der Waals surface area contributed by atoms with Gasteiger partial charge in [-0.1, -0.05) is 0 Å². The Morgan fingerprint density at radius 1 is 1.47 bits per heavy atom. The lowest BCUT2D eigenvalue weighted by Gasteiger charge is -2.07. The molecule has 7 nitrogen and oxygen atoms in total. The van der Waals surface area contributed by atoms with Gasteiger partial charge in [-0.2, -0.15) is 4.98 Å². The number of rotatable bonds is 6. The molecule has 1 aromatic heterocycles. The van der Waals surface area contributed by atoms with Gasteiger partial charge < -0.3 is 10.1 Å². The Kier molecular flexibility index (Phi) is 5.09. The lowest BCUT2D eigenvalue weighted by atomic mass is 10.6. The van der Waals surface area contributed by atoms with Crippen molar-refractivity contribution in [2.75, 3.05) is 31.8 Å². The molecule has 96 valence electrons. The first-order valence-electron chi connectivity index (χ1n) is 4.67. The van der Waals surface area contributed by atoms with Crippen molar-refractivity contribution in [2.24, 2.45) is 0 Å². The Morgan fingerprint density at radius 2 is 2.18 bits per heavy atom. The first-order valence-corrected chi connectivity index (χ1v) is 7.36. The Labute approximate surface area is 108 Å². The number of ether oxygens (including phenoxy) is 1. The van der Waals surface area contributed by atoms with Crippen molar-refractivity contribution in [1.29, 1.82) is 0 Å². The second-order valence-electron chi connectivity index (χ2n) is 3.14. The first-order chi connectivity index (χ1) is 7.92. The zero-order chi connectivity index (χ0) is 12.9. The Bertz CT molecular complexity index is 480. The van der Waals surface area contributed by atoms with Crippen LogP contribution in [0.2, 0.25) is 0 Å². The van der Waals surface area contributed by atoms with Crippen LogP contribution in [0.4, 0.5) is 5.95 Å². The quantitative estimate of drug-likeness (QED) is 0.726. The fourth-order valence-corrected chi connectivity index (χ4v) is 1.82. The summed E-state index contributed by atoms with van der Waals surface area (Å²) in [6.07, 6.45) is 2.66. The van der Waals surface area contributed by atoms with Crippen molar-refractivity contribution in [3.8, 4) is 5.88 Å². The number of hydrogen-bond donors (Lipinski definition) is 2. The van der Waals surface area contributed by atoms with E-state index in [0.29, 0.717) is 22.8 Å². The Hall–Kier alpha value is -0.930. The molecule has 0 aliphatic heterocycles. The number of hydrogen-bond acceptors (Lipinski definition) is 6. The first kappa shape index (κ1) is 14.1. The molecule has 1 aromatic rings. The van der Waals surface area contributed by atoms with Crippen molar-refractivity contribution in [2.45, 2.75) is 0 Å². The smallest absolute Gasteiger partial charge is 0.232 e. The monoisotopic (exact) mass is 324 g/mol. The van der Waals surface area contributed by atoms with Gasteiger partial charge in [0.05, 0.1) is 24.0 Å². The van der Waals surface area contributed by atoms with Crippen LogP contribution in [0, 0.1) is 0 Å². The van der Waals surface area contributed by atoms with Gasteiger partial charge in [0.2, 0.25) is 21.9 Å². The van der Waals surface area contributed by atoms with Gasteiger partial charge in [-0.15, -0.1) is 0 Å². The van der Waals surface area contributed by atoms with E-state index < -0.39 is 10.0 Å². The van der Waals surface area contributed by atoms with E-state index in [0.717, 1.165) is 6.26 Å². The highest BCUT2D eigenvalue weighted by Crippen LogP contribution is 2.21. The summed E-state index contributed by atoms with van der Waals surface area (Å²) in [6.45, 7) is 0.651. The molecule has 0 aliphatic rings. The minimum absolute atomic E-state index is 0.264. The summed E-state index contributed by atoms with van der Waals surface area (Å²) in [6, 6.07) is 0. The summed E-state index contributed by atoms with van der Waals surface area (Å²) in [5.41, 5.74) is 0. The molecular formula is C8H13BrN4O3S. The number of nitrogens with one attached hydrogen (secondary N) is 2. The molecule has 0 atom stereocenters. The van der Waals surface area contributed by atoms with Crippen molar-refractivity contribution in [1.82, 2.24) is 14.7 Å². The zero-order valence-corrected chi connectivity index (χ0v) is 11.8. The number of nitrogens with zero attached hydrogens (tertiary/aromatic N) is 2. The number of methoxy groups -OCH3 is 1. The molecule has 0 bridgehead atoms. The molecule has 9 heteroatoms. The molecular weight excluding hydrogens is 312 g/mol. The van der Waals surface area contributed by atoms with Crippen molar-refractivity contribution in [3.63, 3.8) is 0 Å². The minimum Gasteiger partial charge on any atom is -0.480 e. The molecule has 0 amide bonds. The molecule has 0 aliphatic carbocycles. The van der Waals surface area contributed by atoms with E-state index in [1.54, 1.807) is 6.20 Å². The summed E-state index contributed by atoms with van der Waals surface area (Å²) in [5.74, 6) is 0.791. The van der Waals surface area contributed by atoms with E-state index in [4.69, 9.17) is 4.74 Å². The molecule has 0 unspecified atom stereocenters. The summed E-state index contributed by atoms with van der Waals surface area (Å²) in [5, 5.41) is 2.87. The number of aromatic nitrogens is 2. The second kappa shape index (κ2) is 6.12. The van der Waals surface area contributed by atoms with Gasteiger partial charge in [-0.3, -0.25) is 0 Å². The fraction of sp³-hybridized carbons (Fsp3) is 0.500. The summed E-state index contributed by atoms with van der Waals surface area (Å²) in [4.78, 5) is 8.05. The van der Waals surface area contributed by atoms with Crippen LogP contribution >= 0.6 is 15.9 Å². The summed E-state index contributed by atoms with van der Waals surface area (Å²) < 4.78 is 29.6. The molecule has 0 saturated heterocycles. The molecule has 0 aromatic carbocycles. The molecule has 0 fully saturated rings. The van der Waals surface area contributed by atoms with E-state index in [-0.39, 0.29) is 6.54 Å². The fourth-order valence-electron chi connectivity index (χ4n) is 0.991. The topological polar surface area (TPSA) is 93.2 Å². The highest BCUT2D eigenvalue weighted by atomic mass is 79.9. The standard InChI is InChI=1S/C8H13BrN4O3S/c1-16-7-6(9)5-11-8(13-7)10-3-4-12-17(2,14)15/h5,12H,3-4H2,1-2H3,(H,10,11,13). The average Bonchev–Trinajstić information content (AvgIpc) is 2.25. The highest BCUT2D eigenvalue weighted by Gasteiger charge is 2.04. The van der Waals surface area contributed by atoms with Gasteiger partial charge in [-0.05, 0) is 15.9 Å². The third-order valence-electron chi connectivity index (χ3n) is 1.68. The van der Waals surface area contributed by atoms with E-state index in [1.165, 1.54) is 7.11 Å². The van der Waals surface area contributed by atoms with Crippen LogP contribution in [0.3, 0.4) is 0 Å². The Morgan fingerprint density at radius 3 is 2.76 bits per heavy atom. The van der Waals surface area contributed by atoms with Gasteiger partial charge in [0.1, 0.15) is 0 Å². The predicted octanol–water partition coefficient (Wildman–Crippen LogP) is 0.209. The third kappa shape index (κ3) is 5.29. The molecule has 0 radical (unpaired) electrons. The van der Waals surface area contributed by atoms with E-state index in [9.17, 15) is 8.42 Å². The number of halogens is 1. The summed E-state index contributed by atoms with van der Waals surface area (Å²) >= 11 is 3.23. The van der Waals surface area contributed by atoms with Crippen molar-refractivity contribution < 1.29 is 13.2 Å². The van der Waals surface area contributed by atoms with Crippen molar-refractivity contribution >= 4 is 31.9 Å². The SMILES string of the molecule is COc1nc(NCCNS(C)(=O)=O)ncc1Br. The molecule has 1 rings (SSSR count). The van der Waals surface area contributed by atoms with E-state index >= 15 is 0 Å². The summed E-state index contributed by atoms with van der Waals surface area (Å²) in [7, 11) is -1.66. The van der Waals surface area contributed by atoms with Crippen LogP contribution in [0.5, 0.6) is 5.88 Å². The molecule has 2 N–H and O–H groups in total. The van der Waals surface area contributed by atoms with Gasteiger partial charge in [0, 0.05) is 13.1 Å². The zero-order valence-electron chi connectivity index (χ0n) is 9.40. The largest absolute Gasteiger partial charge is 0.480 e. The highest BCUT2D eigenvalue weighted by molar-refractivity contribution is 9.10. The van der Waals surface area contributed by atoms with Crippen molar-refractivity contribution in [3.05, 3.63) is 10.7 Å². The van der Waals surface area contributed by atoms with E-state index in [2.05, 4.69) is 35.9 Å². The lowest BCUT2D eigenvalue weighted by Crippen LogP contribution is -2.28. The second-order valence-corrected chi connectivity index (χ2v) is 5.83. The van der Waals surface area contributed by atoms with Gasteiger partial charge in [-0.25, -0.2) is 18.1 Å². The van der Waals surface area contributed by atoms with Crippen LogP contribution in [0.15, 0.2) is 10.7 Å². The number of anilines is 1. The maximum atomic E-state index is 10.8. The van der Waals surface area contributed by atoms with E-state index in [1.807, 2.05) is 0 Å². The predicted molar refractivity (Wildman–Crippen MR) is 67.6 cm³/mol. The molecule has 17 heavy (non-hydrogen) atoms. The normalized spacial score (nSPS) is 11.2. The Balaban J connectivity index is 2.47. The average molecular weight is 325 g/mol. The van der Waals surface area contributed by atoms with Gasteiger partial charge in [0.25, 0.3) is 0 Å². The van der Waals surface area contributed by atoms with Crippen LogP contribution in [0.25, 0.3) is 0 Å². The maximum absolute atomic E-state index is 10.8. The lowest BCUT2D eigenvalue weighted by molar-refractivity contribution is 0.394.